The van der Waals surface area contributed by atoms with Crippen molar-refractivity contribution >= 4 is 34.5 Å². The Kier molecular flexibility index (Phi) is 7.14. The number of rotatable bonds is 8. The molecule has 0 radical (unpaired) electrons. The number of nitrogens with one attached hydrogen (secondary N) is 1. The molecule has 1 aliphatic heterocycles. The second kappa shape index (κ2) is 9.99. The molecule has 0 unspecified atom stereocenters. The zero-order valence-electron chi connectivity index (χ0n) is 17.7. The Morgan fingerprint density at radius 1 is 1.16 bits per heavy atom. The maximum Gasteiger partial charge on any atom is 0.256 e. The van der Waals surface area contributed by atoms with Gasteiger partial charge in [0, 0.05) is 13.1 Å². The van der Waals surface area contributed by atoms with Crippen LogP contribution >= 0.6 is 0 Å². The first-order chi connectivity index (χ1) is 15.3. The highest BCUT2D eigenvalue weighted by atomic mass is 16.3. The van der Waals surface area contributed by atoms with Crippen LogP contribution in [-0.4, -0.2) is 58.9 Å². The topological polar surface area (TPSA) is 177 Å². The van der Waals surface area contributed by atoms with Gasteiger partial charge in [-0.15, -0.1) is 0 Å². The van der Waals surface area contributed by atoms with Gasteiger partial charge in [0.2, 0.25) is 11.8 Å². The summed E-state index contributed by atoms with van der Waals surface area (Å²) >= 11 is 0. The summed E-state index contributed by atoms with van der Waals surface area (Å²) in [4.78, 5) is 43.5. The molecule has 1 fully saturated rings. The van der Waals surface area contributed by atoms with E-state index in [1.165, 1.54) is 11.0 Å². The second-order valence-corrected chi connectivity index (χ2v) is 7.75. The summed E-state index contributed by atoms with van der Waals surface area (Å²) < 4.78 is 0. The standard InChI is InChI=1S/C22H28N6O4/c23-19(30)16-8-4-12-28(16)21(32)15(7-3-11-26-22(24)25)27-20(31)18-14-6-2-1-5-13(14)9-10-17(18)29/h1-2,5-6,9-10,15-16,29H,3-4,7-8,11-12H2,(H2,23,30)(H,27,31)(H4,24,25,26)/t15-,16-/m0/s1. The van der Waals surface area contributed by atoms with E-state index in [0.717, 1.165) is 5.39 Å². The van der Waals surface area contributed by atoms with Crippen molar-refractivity contribution in [2.45, 2.75) is 37.8 Å². The Labute approximate surface area is 185 Å². The number of likely N-dealkylation sites (tertiary alicyclic amines) is 1. The van der Waals surface area contributed by atoms with Gasteiger partial charge < -0.3 is 32.5 Å². The number of fused-ring (bicyclic) bond motifs is 1. The van der Waals surface area contributed by atoms with Crippen LogP contribution in [0, 0.1) is 0 Å². The van der Waals surface area contributed by atoms with Gasteiger partial charge in [0.25, 0.3) is 5.91 Å². The van der Waals surface area contributed by atoms with E-state index in [4.69, 9.17) is 17.2 Å². The van der Waals surface area contributed by atoms with Gasteiger partial charge in [-0.3, -0.25) is 19.4 Å². The lowest BCUT2D eigenvalue weighted by atomic mass is 10.0. The number of aliphatic imine (C=N–C) groups is 1. The largest absolute Gasteiger partial charge is 0.507 e. The molecule has 10 heteroatoms. The summed E-state index contributed by atoms with van der Waals surface area (Å²) in [7, 11) is 0. The summed E-state index contributed by atoms with van der Waals surface area (Å²) in [5.74, 6) is -1.82. The van der Waals surface area contributed by atoms with Gasteiger partial charge in [-0.05, 0) is 42.5 Å². The van der Waals surface area contributed by atoms with Crippen LogP contribution < -0.4 is 22.5 Å². The molecule has 2 aromatic carbocycles. The van der Waals surface area contributed by atoms with E-state index in [9.17, 15) is 19.5 Å². The number of guanidine groups is 1. The lowest BCUT2D eigenvalue weighted by Crippen LogP contribution is -2.52. The first-order valence-electron chi connectivity index (χ1n) is 10.5. The van der Waals surface area contributed by atoms with E-state index in [-0.39, 0.29) is 30.2 Å². The highest BCUT2D eigenvalue weighted by molar-refractivity contribution is 6.10. The van der Waals surface area contributed by atoms with E-state index in [2.05, 4.69) is 10.3 Å². The summed E-state index contributed by atoms with van der Waals surface area (Å²) in [6.07, 6.45) is 1.80. The Balaban J connectivity index is 1.86. The number of nitrogens with zero attached hydrogens (tertiary/aromatic N) is 2. The predicted octanol–water partition coefficient (Wildman–Crippen LogP) is 0.174. The number of aromatic hydroxyl groups is 1. The van der Waals surface area contributed by atoms with Crippen LogP contribution in [0.1, 0.15) is 36.0 Å². The molecule has 8 N–H and O–H groups in total. The Morgan fingerprint density at radius 2 is 1.91 bits per heavy atom. The van der Waals surface area contributed by atoms with Gasteiger partial charge in [-0.2, -0.15) is 0 Å². The van der Waals surface area contributed by atoms with Gasteiger partial charge in [-0.1, -0.05) is 30.3 Å². The smallest absolute Gasteiger partial charge is 0.256 e. The summed E-state index contributed by atoms with van der Waals surface area (Å²) in [6, 6.07) is 8.65. The molecule has 10 nitrogen and oxygen atoms in total. The number of carbonyl (C=O) groups is 3. The number of primary amides is 1. The fraction of sp³-hybridized carbons (Fsp3) is 0.364. The molecule has 32 heavy (non-hydrogen) atoms. The monoisotopic (exact) mass is 440 g/mol. The van der Waals surface area contributed by atoms with E-state index in [1.807, 2.05) is 12.1 Å². The number of hydrogen-bond donors (Lipinski definition) is 5. The molecule has 1 saturated heterocycles. The number of carbonyl (C=O) groups excluding carboxylic acids is 3. The van der Waals surface area contributed by atoms with E-state index < -0.39 is 29.8 Å². The number of nitrogens with two attached hydrogens (primary N) is 3. The normalized spacial score (nSPS) is 16.5. The van der Waals surface area contributed by atoms with Gasteiger partial charge >= 0.3 is 0 Å². The van der Waals surface area contributed by atoms with Gasteiger partial charge in [0.15, 0.2) is 5.96 Å². The number of benzene rings is 2. The minimum atomic E-state index is -0.935. The molecule has 0 bridgehead atoms. The summed E-state index contributed by atoms with van der Waals surface area (Å²) in [6.45, 7) is 0.660. The quantitative estimate of drug-likeness (QED) is 0.222. The molecule has 0 saturated carbocycles. The van der Waals surface area contributed by atoms with Crippen molar-refractivity contribution in [1.82, 2.24) is 10.2 Å². The van der Waals surface area contributed by atoms with Crippen LogP contribution in [-0.2, 0) is 9.59 Å². The minimum absolute atomic E-state index is 0.0640. The lowest BCUT2D eigenvalue weighted by Gasteiger charge is -2.28. The molecule has 170 valence electrons. The average Bonchev–Trinajstić information content (AvgIpc) is 3.25. The molecular formula is C22H28N6O4. The first kappa shape index (κ1) is 22.9. The van der Waals surface area contributed by atoms with Crippen LogP contribution in [0.5, 0.6) is 5.75 Å². The molecule has 3 amide bonds. The van der Waals surface area contributed by atoms with Gasteiger partial charge in [0.1, 0.15) is 17.8 Å². The maximum atomic E-state index is 13.3. The van der Waals surface area contributed by atoms with Crippen LogP contribution in [0.25, 0.3) is 10.8 Å². The highest BCUT2D eigenvalue weighted by Crippen LogP contribution is 2.27. The Morgan fingerprint density at radius 3 is 2.62 bits per heavy atom. The third-order valence-electron chi connectivity index (χ3n) is 5.55. The van der Waals surface area contributed by atoms with Crippen LogP contribution in [0.4, 0.5) is 0 Å². The third-order valence-corrected chi connectivity index (χ3v) is 5.55. The molecule has 0 aromatic heterocycles. The molecule has 0 spiro atoms. The van der Waals surface area contributed by atoms with Crippen molar-refractivity contribution < 1.29 is 19.5 Å². The second-order valence-electron chi connectivity index (χ2n) is 7.75. The van der Waals surface area contributed by atoms with Crippen molar-refractivity contribution in [2.24, 2.45) is 22.2 Å². The molecule has 2 aromatic rings. The van der Waals surface area contributed by atoms with Crippen LogP contribution in [0.3, 0.4) is 0 Å². The first-order valence-corrected chi connectivity index (χ1v) is 10.5. The Bertz CT molecular complexity index is 1050. The summed E-state index contributed by atoms with van der Waals surface area (Å²) in [5.41, 5.74) is 16.2. The number of phenolic OH excluding ortho intramolecular Hbond substituents is 1. The van der Waals surface area contributed by atoms with Crippen molar-refractivity contribution in [1.29, 1.82) is 0 Å². The van der Waals surface area contributed by atoms with Crippen molar-refractivity contribution in [3.05, 3.63) is 42.0 Å². The van der Waals surface area contributed by atoms with Crippen molar-refractivity contribution in [3.63, 3.8) is 0 Å². The number of amides is 3. The molecule has 0 aliphatic carbocycles. The van der Waals surface area contributed by atoms with Crippen LogP contribution in [0.15, 0.2) is 41.4 Å². The lowest BCUT2D eigenvalue weighted by molar-refractivity contribution is -0.139. The molecule has 1 aliphatic rings. The SMILES string of the molecule is NC(=O)[C@@H]1CCCN1C(=O)[C@H](CCCN=C(N)N)NC(=O)c1c(O)ccc2ccccc12. The molecular weight excluding hydrogens is 412 g/mol. The minimum Gasteiger partial charge on any atom is -0.507 e. The zero-order chi connectivity index (χ0) is 23.3. The van der Waals surface area contributed by atoms with Gasteiger partial charge in [-0.25, -0.2) is 0 Å². The van der Waals surface area contributed by atoms with E-state index in [1.54, 1.807) is 18.2 Å². The number of hydrogen-bond acceptors (Lipinski definition) is 5. The highest BCUT2D eigenvalue weighted by Gasteiger charge is 2.36. The van der Waals surface area contributed by atoms with Gasteiger partial charge in [0.05, 0.1) is 5.56 Å². The number of phenols is 1. The fourth-order valence-electron chi connectivity index (χ4n) is 4.02. The predicted molar refractivity (Wildman–Crippen MR) is 121 cm³/mol. The third kappa shape index (κ3) is 5.08. The fourth-order valence-corrected chi connectivity index (χ4v) is 4.02. The zero-order valence-corrected chi connectivity index (χ0v) is 17.7. The van der Waals surface area contributed by atoms with Crippen molar-refractivity contribution in [2.75, 3.05) is 13.1 Å². The molecule has 2 atom stereocenters. The van der Waals surface area contributed by atoms with Crippen molar-refractivity contribution in [3.8, 4) is 5.75 Å². The van der Waals surface area contributed by atoms with E-state index in [0.29, 0.717) is 31.2 Å². The maximum absolute atomic E-state index is 13.3. The van der Waals surface area contributed by atoms with Crippen LogP contribution in [0.2, 0.25) is 0 Å². The van der Waals surface area contributed by atoms with E-state index >= 15 is 0 Å². The molecule has 3 rings (SSSR count). The average molecular weight is 441 g/mol. The molecule has 1 heterocycles. The summed E-state index contributed by atoms with van der Waals surface area (Å²) in [5, 5.41) is 14.4. The Hall–Kier alpha value is -3.82.